The lowest BCUT2D eigenvalue weighted by molar-refractivity contribution is -0.138. The van der Waals surface area contributed by atoms with Crippen molar-refractivity contribution in [2.45, 2.75) is 116 Å². The number of hydrogen-bond acceptors (Lipinski definition) is 11. The van der Waals surface area contributed by atoms with E-state index in [1.807, 2.05) is 0 Å². The molecular weight excluding hydrogens is 917 g/mol. The van der Waals surface area contributed by atoms with Gasteiger partial charge in [0, 0.05) is 31.0 Å². The molecule has 0 unspecified atom stereocenters. The minimum absolute atomic E-state index is 0.00278. The fourth-order valence-corrected chi connectivity index (χ4v) is 6.17. The summed E-state index contributed by atoms with van der Waals surface area (Å²) in [5.41, 5.74) is -5.24. The Bertz CT molecular complexity index is 2210. The van der Waals surface area contributed by atoms with E-state index < -0.39 is 70.5 Å². The number of benzene rings is 3. The van der Waals surface area contributed by atoms with E-state index >= 15 is 0 Å². The first kappa shape index (κ1) is 54.9. The molecule has 0 atom stereocenters. The number of halogens is 6. The molecule has 0 bridgehead atoms. The van der Waals surface area contributed by atoms with Crippen molar-refractivity contribution in [3.05, 3.63) is 71.8 Å². The van der Waals surface area contributed by atoms with E-state index in [0.717, 1.165) is 23.9 Å². The van der Waals surface area contributed by atoms with Crippen LogP contribution in [0.15, 0.2) is 70.6 Å². The first-order valence-electron chi connectivity index (χ1n) is 20.6. The van der Waals surface area contributed by atoms with Gasteiger partial charge in [0.1, 0.15) is 28.3 Å². The Balaban J connectivity index is 1.81. The standard InChI is InChI=1S/C44H55F6N7O9S/c1-40(2,3)64-37(60)52-21-22-67-34-31(54-33(58)15-10-11-20-51-35(56-38(61)65-41(4,5)6)57-39(62)66-42(7,8)9)24-27(44(48,49)50)25-32(34)55-36(59)53-28-16-18-29(19-17-28)63-30-14-12-13-26(23-30)43(45,46)47/h12-14,16-19,23-25H,10-11,15,20-22H2,1-9H3,(H,52,60)(H,54,58)(H2,53,55,59)(H2,51,56,57,61,62). The molecule has 0 aliphatic heterocycles. The molecule has 0 aliphatic carbocycles. The molecule has 16 nitrogen and oxygen atoms in total. The van der Waals surface area contributed by atoms with E-state index in [-0.39, 0.29) is 77.5 Å². The quantitative estimate of drug-likeness (QED) is 0.0225. The van der Waals surface area contributed by atoms with E-state index in [1.54, 1.807) is 62.3 Å². The third kappa shape index (κ3) is 21.6. The smallest absolute Gasteiger partial charge is 0.416 e. The van der Waals surface area contributed by atoms with Crippen LogP contribution in [0.1, 0.15) is 92.7 Å². The third-order valence-electron chi connectivity index (χ3n) is 7.79. The van der Waals surface area contributed by atoms with E-state index in [1.165, 1.54) is 36.4 Å². The van der Waals surface area contributed by atoms with Crippen LogP contribution in [0.5, 0.6) is 11.5 Å². The van der Waals surface area contributed by atoms with Crippen molar-refractivity contribution < 1.29 is 69.3 Å². The first-order valence-corrected chi connectivity index (χ1v) is 21.6. The van der Waals surface area contributed by atoms with Gasteiger partial charge in [-0.15, -0.1) is 11.8 Å². The normalized spacial score (nSPS) is 11.9. The minimum Gasteiger partial charge on any atom is -0.457 e. The van der Waals surface area contributed by atoms with Gasteiger partial charge in [-0.05, 0) is 130 Å². The molecule has 67 heavy (non-hydrogen) atoms. The Kier molecular flexibility index (Phi) is 19.2. The number of rotatable bonds is 14. The van der Waals surface area contributed by atoms with Crippen LogP contribution in [0.25, 0.3) is 0 Å². The summed E-state index contributed by atoms with van der Waals surface area (Å²) in [5, 5.41) is 14.6. The van der Waals surface area contributed by atoms with Gasteiger partial charge in [0.05, 0.1) is 27.4 Å². The number of alkyl carbamates (subject to hydrolysis) is 3. The maximum atomic E-state index is 14.3. The zero-order valence-electron chi connectivity index (χ0n) is 38.3. The summed E-state index contributed by atoms with van der Waals surface area (Å²) >= 11 is 0.911. The van der Waals surface area contributed by atoms with E-state index in [0.29, 0.717) is 12.1 Å². The maximum Gasteiger partial charge on any atom is 0.416 e. The van der Waals surface area contributed by atoms with E-state index in [4.69, 9.17) is 18.9 Å². The highest BCUT2D eigenvalue weighted by molar-refractivity contribution is 7.99. The largest absolute Gasteiger partial charge is 0.457 e. The van der Waals surface area contributed by atoms with Gasteiger partial charge < -0.3 is 40.2 Å². The summed E-state index contributed by atoms with van der Waals surface area (Å²) in [5.74, 6) is -0.950. The Morgan fingerprint density at radius 3 is 1.69 bits per heavy atom. The summed E-state index contributed by atoms with van der Waals surface area (Å²) in [6.07, 6.45) is -12.0. The second-order valence-corrected chi connectivity index (χ2v) is 18.5. The van der Waals surface area contributed by atoms with Crippen LogP contribution in [0.2, 0.25) is 0 Å². The van der Waals surface area contributed by atoms with Crippen LogP contribution in [0, 0.1) is 0 Å². The van der Waals surface area contributed by atoms with Crippen molar-refractivity contribution in [3.8, 4) is 11.5 Å². The fourth-order valence-electron chi connectivity index (χ4n) is 5.23. The highest BCUT2D eigenvalue weighted by Crippen LogP contribution is 2.41. The van der Waals surface area contributed by atoms with Crippen molar-refractivity contribution in [1.82, 2.24) is 16.0 Å². The number of guanidine groups is 1. The number of hydrogen-bond donors (Lipinski definition) is 6. The molecule has 0 saturated heterocycles. The van der Waals surface area contributed by atoms with Crippen molar-refractivity contribution >= 4 is 65.0 Å². The molecule has 0 radical (unpaired) electrons. The van der Waals surface area contributed by atoms with Crippen LogP contribution >= 0.6 is 11.8 Å². The summed E-state index contributed by atoms with van der Waals surface area (Å²) < 4.78 is 104. The average molecular weight is 972 g/mol. The molecule has 0 spiro atoms. The molecule has 0 fully saturated rings. The van der Waals surface area contributed by atoms with E-state index in [2.05, 4.69) is 36.9 Å². The first-order chi connectivity index (χ1) is 30.8. The lowest BCUT2D eigenvalue weighted by atomic mass is 10.1. The number of unbranched alkanes of at least 4 members (excludes halogenated alkanes) is 1. The lowest BCUT2D eigenvalue weighted by Crippen LogP contribution is -2.47. The molecule has 0 aliphatic rings. The van der Waals surface area contributed by atoms with Gasteiger partial charge in [0.2, 0.25) is 11.9 Å². The number of alkyl halides is 6. The van der Waals surface area contributed by atoms with Gasteiger partial charge in [0.15, 0.2) is 0 Å². The molecule has 0 aromatic heterocycles. The Morgan fingerprint density at radius 2 is 1.15 bits per heavy atom. The lowest BCUT2D eigenvalue weighted by Gasteiger charge is -2.22. The van der Waals surface area contributed by atoms with Gasteiger partial charge in [0.25, 0.3) is 0 Å². The predicted octanol–water partition coefficient (Wildman–Crippen LogP) is 11.3. The second kappa shape index (κ2) is 23.4. The van der Waals surface area contributed by atoms with Gasteiger partial charge in [-0.25, -0.2) is 19.2 Å². The molecule has 6 amide bonds. The number of nitrogens with zero attached hydrogens (tertiary/aromatic N) is 1. The molecule has 3 aromatic rings. The molecule has 0 heterocycles. The summed E-state index contributed by atoms with van der Waals surface area (Å²) in [4.78, 5) is 67.9. The zero-order chi connectivity index (χ0) is 50.4. The Hall–Kier alpha value is -6.39. The highest BCUT2D eigenvalue weighted by Gasteiger charge is 2.34. The molecule has 368 valence electrons. The Labute approximate surface area is 388 Å². The fraction of sp³-hybridized carbons (Fsp3) is 0.455. The van der Waals surface area contributed by atoms with Crippen molar-refractivity contribution in [1.29, 1.82) is 0 Å². The molecular formula is C44H55F6N7O9S. The van der Waals surface area contributed by atoms with Crippen molar-refractivity contribution in [2.75, 3.05) is 34.8 Å². The van der Waals surface area contributed by atoms with Crippen LogP contribution in [-0.4, -0.2) is 71.8 Å². The minimum atomic E-state index is -4.94. The third-order valence-corrected chi connectivity index (χ3v) is 8.92. The predicted molar refractivity (Wildman–Crippen MR) is 241 cm³/mol. The average Bonchev–Trinajstić information content (AvgIpc) is 3.15. The number of carbonyl (C=O) groups is 5. The molecule has 3 aromatic carbocycles. The van der Waals surface area contributed by atoms with Crippen LogP contribution in [0.3, 0.4) is 0 Å². The second-order valence-electron chi connectivity index (χ2n) is 17.4. The SMILES string of the molecule is CC(C)(C)OC(=O)NCCSc1c(NC(=O)CCCCN=C(NC(=O)OC(C)(C)C)NC(=O)OC(C)(C)C)cc(C(F)(F)F)cc1NC(=O)Nc1ccc(Oc2cccc(C(F)(F)F)c2)cc1. The molecule has 23 heteroatoms. The summed E-state index contributed by atoms with van der Waals surface area (Å²) in [7, 11) is 0. The highest BCUT2D eigenvalue weighted by atomic mass is 32.2. The number of aliphatic imine (C=N–C) groups is 1. The number of nitrogens with one attached hydrogen (secondary N) is 6. The van der Waals surface area contributed by atoms with Crippen LogP contribution < -0.4 is 36.6 Å². The number of amides is 6. The molecule has 3 rings (SSSR count). The number of urea groups is 1. The zero-order valence-corrected chi connectivity index (χ0v) is 39.1. The van der Waals surface area contributed by atoms with E-state index in [9.17, 15) is 50.3 Å². The monoisotopic (exact) mass is 971 g/mol. The maximum absolute atomic E-state index is 14.3. The number of thioether (sulfide) groups is 1. The van der Waals surface area contributed by atoms with Crippen molar-refractivity contribution in [2.24, 2.45) is 4.99 Å². The van der Waals surface area contributed by atoms with Gasteiger partial charge in [-0.3, -0.25) is 20.4 Å². The number of anilines is 3. The Morgan fingerprint density at radius 1 is 0.612 bits per heavy atom. The van der Waals surface area contributed by atoms with Crippen LogP contribution in [0.4, 0.5) is 62.6 Å². The number of carbonyl (C=O) groups excluding carboxylic acids is 5. The molecule has 6 N–H and O–H groups in total. The van der Waals surface area contributed by atoms with Gasteiger partial charge >= 0.3 is 36.7 Å². The summed E-state index contributed by atoms with van der Waals surface area (Å²) in [6, 6.07) is 9.95. The van der Waals surface area contributed by atoms with Gasteiger partial charge in [-0.2, -0.15) is 26.3 Å². The summed E-state index contributed by atoms with van der Waals surface area (Å²) in [6.45, 7) is 14.7. The topological polar surface area (TPSA) is 207 Å². The van der Waals surface area contributed by atoms with Crippen molar-refractivity contribution in [3.63, 3.8) is 0 Å². The molecule has 0 saturated carbocycles. The van der Waals surface area contributed by atoms with Crippen LogP contribution in [-0.2, 0) is 31.4 Å². The van der Waals surface area contributed by atoms with Gasteiger partial charge in [-0.1, -0.05) is 6.07 Å². The number of ether oxygens (including phenoxy) is 4.